The summed E-state index contributed by atoms with van der Waals surface area (Å²) in [5.74, 6) is -1.31. The number of carboxylic acid groups (broad SMARTS) is 1. The van der Waals surface area contributed by atoms with Gasteiger partial charge < -0.3 is 10.0 Å². The van der Waals surface area contributed by atoms with E-state index in [1.807, 2.05) is 19.1 Å². The lowest BCUT2D eigenvalue weighted by atomic mass is 9.69. The van der Waals surface area contributed by atoms with E-state index in [2.05, 4.69) is 52.0 Å². The maximum Gasteiger partial charge on any atom is 0.329 e. The molecule has 0 atom stereocenters. The molecule has 0 radical (unpaired) electrons. The van der Waals surface area contributed by atoms with Crippen LogP contribution >= 0.6 is 0 Å². The highest BCUT2D eigenvalue weighted by molar-refractivity contribution is 5.98. The maximum absolute atomic E-state index is 13.0. The standard InChI is InChI=1S/C26H35NO3/c1-9-26(10-2,20-12-11-17(3)18(4)15-20)21-13-14-22(19(5)16-21)23(28)27(8)25(6,7)24(29)30/h11-16H,9-10H2,1-8H3,(H,29,30). The molecule has 0 saturated carbocycles. The van der Waals surface area contributed by atoms with Crippen LogP contribution in [0, 0.1) is 20.8 Å². The monoisotopic (exact) mass is 409 g/mol. The van der Waals surface area contributed by atoms with Crippen LogP contribution in [0.4, 0.5) is 0 Å². The van der Waals surface area contributed by atoms with Crippen molar-refractivity contribution < 1.29 is 14.7 Å². The summed E-state index contributed by atoms with van der Waals surface area (Å²) in [5.41, 5.74) is 5.02. The molecule has 1 N–H and O–H groups in total. The zero-order valence-corrected chi connectivity index (χ0v) is 19.6. The van der Waals surface area contributed by atoms with Gasteiger partial charge in [0.2, 0.25) is 0 Å². The van der Waals surface area contributed by atoms with Crippen molar-refractivity contribution in [2.45, 2.75) is 72.3 Å². The number of aliphatic carboxylic acids is 1. The van der Waals surface area contributed by atoms with E-state index in [4.69, 9.17) is 0 Å². The smallest absolute Gasteiger partial charge is 0.329 e. The van der Waals surface area contributed by atoms with Crippen LogP contribution in [0.1, 0.15) is 78.7 Å². The maximum atomic E-state index is 13.0. The average Bonchev–Trinajstić information content (AvgIpc) is 2.70. The van der Waals surface area contributed by atoms with Crippen molar-refractivity contribution in [1.29, 1.82) is 0 Å². The molecular weight excluding hydrogens is 374 g/mol. The predicted octanol–water partition coefficient (Wildman–Crippen LogP) is 5.65. The fourth-order valence-electron chi connectivity index (χ4n) is 4.05. The summed E-state index contributed by atoms with van der Waals surface area (Å²) in [5, 5.41) is 9.47. The lowest BCUT2D eigenvalue weighted by Crippen LogP contribution is -2.50. The number of hydrogen-bond donors (Lipinski definition) is 1. The Balaban J connectivity index is 2.53. The Hall–Kier alpha value is -2.62. The van der Waals surface area contributed by atoms with E-state index >= 15 is 0 Å². The van der Waals surface area contributed by atoms with Gasteiger partial charge in [0.15, 0.2) is 0 Å². The van der Waals surface area contributed by atoms with Crippen molar-refractivity contribution in [3.8, 4) is 0 Å². The first-order valence-electron chi connectivity index (χ1n) is 10.6. The summed E-state index contributed by atoms with van der Waals surface area (Å²) < 4.78 is 0. The second-order valence-corrected chi connectivity index (χ2v) is 8.85. The van der Waals surface area contributed by atoms with E-state index in [0.717, 1.165) is 18.4 Å². The summed E-state index contributed by atoms with van der Waals surface area (Å²) >= 11 is 0. The Morgan fingerprint density at radius 1 is 0.867 bits per heavy atom. The number of carbonyl (C=O) groups is 2. The molecule has 162 valence electrons. The number of carboxylic acids is 1. The highest BCUT2D eigenvalue weighted by Gasteiger charge is 2.37. The number of nitrogens with zero attached hydrogens (tertiary/aromatic N) is 1. The van der Waals surface area contributed by atoms with Gasteiger partial charge in [0.05, 0.1) is 0 Å². The second-order valence-electron chi connectivity index (χ2n) is 8.85. The van der Waals surface area contributed by atoms with Gasteiger partial charge in [-0.2, -0.15) is 0 Å². The van der Waals surface area contributed by atoms with Gasteiger partial charge in [-0.05, 0) is 81.3 Å². The third-order valence-electron chi connectivity index (χ3n) is 6.94. The first-order chi connectivity index (χ1) is 13.9. The van der Waals surface area contributed by atoms with Crippen molar-refractivity contribution in [1.82, 2.24) is 4.90 Å². The van der Waals surface area contributed by atoms with Crippen LogP contribution < -0.4 is 0 Å². The van der Waals surface area contributed by atoms with Crippen molar-refractivity contribution in [3.05, 3.63) is 69.8 Å². The minimum absolute atomic E-state index is 0.128. The summed E-state index contributed by atoms with van der Waals surface area (Å²) in [6.07, 6.45) is 1.90. The minimum Gasteiger partial charge on any atom is -0.480 e. The molecule has 0 saturated heterocycles. The van der Waals surface area contributed by atoms with Crippen LogP contribution in [0.3, 0.4) is 0 Å². The highest BCUT2D eigenvalue weighted by Crippen LogP contribution is 2.40. The third kappa shape index (κ3) is 4.00. The number of aryl methyl sites for hydroxylation is 3. The zero-order valence-electron chi connectivity index (χ0n) is 19.6. The second kappa shape index (κ2) is 8.63. The molecule has 2 aromatic rings. The molecular formula is C26H35NO3. The Labute approximate surface area is 180 Å². The fourth-order valence-corrected chi connectivity index (χ4v) is 4.05. The van der Waals surface area contributed by atoms with Gasteiger partial charge in [0.1, 0.15) is 5.54 Å². The summed E-state index contributed by atoms with van der Waals surface area (Å²) in [7, 11) is 1.54. The van der Waals surface area contributed by atoms with Gasteiger partial charge in [0.25, 0.3) is 5.91 Å². The van der Waals surface area contributed by atoms with E-state index in [9.17, 15) is 14.7 Å². The van der Waals surface area contributed by atoms with Crippen molar-refractivity contribution in [3.63, 3.8) is 0 Å². The van der Waals surface area contributed by atoms with E-state index in [1.165, 1.54) is 41.0 Å². The molecule has 2 aromatic carbocycles. The topological polar surface area (TPSA) is 57.6 Å². The summed E-state index contributed by atoms with van der Waals surface area (Å²) in [6, 6.07) is 12.6. The molecule has 0 spiro atoms. The Bertz CT molecular complexity index is 955. The van der Waals surface area contributed by atoms with Gasteiger partial charge in [0, 0.05) is 18.0 Å². The largest absolute Gasteiger partial charge is 0.480 e. The lowest BCUT2D eigenvalue weighted by molar-refractivity contribution is -0.147. The molecule has 0 aliphatic carbocycles. The minimum atomic E-state index is -1.28. The van der Waals surface area contributed by atoms with Crippen LogP contribution in [-0.2, 0) is 10.2 Å². The fraction of sp³-hybridized carbons (Fsp3) is 0.462. The molecule has 0 aromatic heterocycles. The summed E-state index contributed by atoms with van der Waals surface area (Å²) in [4.78, 5) is 25.9. The van der Waals surface area contributed by atoms with Crippen LogP contribution in [-0.4, -0.2) is 34.5 Å². The molecule has 0 heterocycles. The molecule has 30 heavy (non-hydrogen) atoms. The van der Waals surface area contributed by atoms with Crippen LogP contribution in [0.5, 0.6) is 0 Å². The van der Waals surface area contributed by atoms with E-state index < -0.39 is 11.5 Å². The quantitative estimate of drug-likeness (QED) is 0.642. The number of hydrogen-bond acceptors (Lipinski definition) is 2. The molecule has 0 aliphatic heterocycles. The van der Waals surface area contributed by atoms with Gasteiger partial charge in [-0.1, -0.05) is 44.2 Å². The van der Waals surface area contributed by atoms with E-state index in [1.54, 1.807) is 7.05 Å². The van der Waals surface area contributed by atoms with E-state index in [-0.39, 0.29) is 11.3 Å². The molecule has 0 aliphatic rings. The van der Waals surface area contributed by atoms with Gasteiger partial charge in [-0.3, -0.25) is 4.79 Å². The molecule has 2 rings (SSSR count). The zero-order chi connectivity index (χ0) is 22.9. The molecule has 0 fully saturated rings. The Kier molecular flexibility index (Phi) is 6.80. The van der Waals surface area contributed by atoms with Crippen LogP contribution in [0.25, 0.3) is 0 Å². The number of carbonyl (C=O) groups excluding carboxylic acids is 1. The predicted molar refractivity (Wildman–Crippen MR) is 122 cm³/mol. The number of likely N-dealkylation sites (N-methyl/N-ethyl adjacent to an activating group) is 1. The van der Waals surface area contributed by atoms with E-state index in [0.29, 0.717) is 5.56 Å². The molecule has 1 amide bonds. The molecule has 0 unspecified atom stereocenters. The van der Waals surface area contributed by atoms with Gasteiger partial charge in [-0.25, -0.2) is 4.79 Å². The third-order valence-corrected chi connectivity index (χ3v) is 6.94. The van der Waals surface area contributed by atoms with Crippen molar-refractivity contribution in [2.75, 3.05) is 7.05 Å². The number of benzene rings is 2. The normalized spacial score (nSPS) is 12.0. The molecule has 4 nitrogen and oxygen atoms in total. The summed E-state index contributed by atoms with van der Waals surface area (Å²) in [6.45, 7) is 13.7. The lowest BCUT2D eigenvalue weighted by Gasteiger charge is -2.35. The average molecular weight is 410 g/mol. The van der Waals surface area contributed by atoms with Crippen LogP contribution in [0.2, 0.25) is 0 Å². The first kappa shape index (κ1) is 23.7. The SMILES string of the molecule is CCC(CC)(c1ccc(C)c(C)c1)c1ccc(C(=O)N(C)C(C)(C)C(=O)O)c(C)c1. The highest BCUT2D eigenvalue weighted by atomic mass is 16.4. The Morgan fingerprint density at radius 3 is 1.80 bits per heavy atom. The van der Waals surface area contributed by atoms with Crippen molar-refractivity contribution in [2.24, 2.45) is 0 Å². The molecule has 0 bridgehead atoms. The number of rotatable bonds is 7. The number of amides is 1. The molecule has 4 heteroatoms. The van der Waals surface area contributed by atoms with Crippen LogP contribution in [0.15, 0.2) is 36.4 Å². The first-order valence-corrected chi connectivity index (χ1v) is 10.6. The van der Waals surface area contributed by atoms with Crippen molar-refractivity contribution >= 4 is 11.9 Å². The Morgan fingerprint density at radius 2 is 1.37 bits per heavy atom. The van der Waals surface area contributed by atoms with Gasteiger partial charge in [-0.15, -0.1) is 0 Å². The van der Waals surface area contributed by atoms with Gasteiger partial charge >= 0.3 is 5.97 Å².